The van der Waals surface area contributed by atoms with Crippen LogP contribution in [0.15, 0.2) is 41.9 Å². The number of carboxylic acid groups (broad SMARTS) is 1. The van der Waals surface area contributed by atoms with Gasteiger partial charge in [-0.2, -0.15) is 13.2 Å². The van der Waals surface area contributed by atoms with Gasteiger partial charge in [-0.3, -0.25) is 4.79 Å². The molecule has 8 heteroatoms. The van der Waals surface area contributed by atoms with Crippen LogP contribution < -0.4 is 0 Å². The Morgan fingerprint density at radius 2 is 2.12 bits per heavy atom. The topological polar surface area (TPSA) is 55.8 Å². The highest BCUT2D eigenvalue weighted by atomic mass is 19.4. The molecule has 1 unspecified atom stereocenters. The molecule has 26 heavy (non-hydrogen) atoms. The van der Waals surface area contributed by atoms with E-state index in [2.05, 4.69) is 0 Å². The number of aliphatic carboxylic acids is 1. The summed E-state index contributed by atoms with van der Waals surface area (Å²) in [7, 11) is 0. The van der Waals surface area contributed by atoms with Crippen molar-refractivity contribution in [3.8, 4) is 0 Å². The van der Waals surface area contributed by atoms with E-state index in [9.17, 15) is 22.4 Å². The molecular formula is C18H14F4O4. The van der Waals surface area contributed by atoms with Crippen molar-refractivity contribution in [2.45, 2.75) is 25.3 Å². The fraction of sp³-hybridized carbons (Fsp3) is 0.389. The first-order valence-corrected chi connectivity index (χ1v) is 8.05. The number of hydrogen-bond acceptors (Lipinski definition) is 3. The van der Waals surface area contributed by atoms with Crippen molar-refractivity contribution in [1.82, 2.24) is 0 Å². The lowest BCUT2D eigenvalue weighted by molar-refractivity contribution is -0.140. The van der Waals surface area contributed by atoms with Gasteiger partial charge in [0.25, 0.3) is 0 Å². The Morgan fingerprint density at radius 1 is 1.35 bits per heavy atom. The lowest BCUT2D eigenvalue weighted by Gasteiger charge is -2.20. The highest BCUT2D eigenvalue weighted by Crippen LogP contribution is 2.59. The van der Waals surface area contributed by atoms with Gasteiger partial charge in [0.05, 0.1) is 5.56 Å². The van der Waals surface area contributed by atoms with Gasteiger partial charge < -0.3 is 14.6 Å². The van der Waals surface area contributed by atoms with Crippen LogP contribution in [0.4, 0.5) is 17.6 Å². The van der Waals surface area contributed by atoms with Crippen molar-refractivity contribution in [2.24, 2.45) is 17.8 Å². The number of rotatable bonds is 4. The van der Waals surface area contributed by atoms with E-state index in [1.54, 1.807) is 12.2 Å². The molecule has 2 fully saturated rings. The van der Waals surface area contributed by atoms with Crippen molar-refractivity contribution >= 4 is 5.97 Å². The lowest BCUT2D eigenvalue weighted by Crippen LogP contribution is -2.15. The largest absolute Gasteiger partial charge is 0.493 e. The molecule has 1 saturated carbocycles. The zero-order valence-corrected chi connectivity index (χ0v) is 13.3. The number of alkyl halides is 3. The third-order valence-electron chi connectivity index (χ3n) is 5.03. The predicted molar refractivity (Wildman–Crippen MR) is 80.0 cm³/mol. The summed E-state index contributed by atoms with van der Waals surface area (Å²) in [4.78, 5) is 11.0. The Kier molecular flexibility index (Phi) is 3.75. The van der Waals surface area contributed by atoms with Crippen LogP contribution in [0.2, 0.25) is 0 Å². The molecule has 138 valence electrons. The van der Waals surface area contributed by atoms with Crippen molar-refractivity contribution in [3.63, 3.8) is 0 Å². The van der Waals surface area contributed by atoms with Gasteiger partial charge in [-0.25, -0.2) is 4.39 Å². The Labute approximate surface area is 145 Å². The highest BCUT2D eigenvalue weighted by Gasteiger charge is 2.66. The van der Waals surface area contributed by atoms with Gasteiger partial charge >= 0.3 is 12.1 Å². The normalized spacial score (nSPS) is 29.1. The number of carbonyl (C=O) groups is 1. The molecule has 1 aliphatic heterocycles. The number of allylic oxidation sites excluding steroid dienone is 3. The third kappa shape index (κ3) is 2.83. The fourth-order valence-corrected chi connectivity index (χ4v) is 3.63. The van der Waals surface area contributed by atoms with Crippen LogP contribution >= 0.6 is 0 Å². The molecule has 4 nitrogen and oxygen atoms in total. The minimum Gasteiger partial charge on any atom is -0.493 e. The minimum atomic E-state index is -4.60. The van der Waals surface area contributed by atoms with Crippen LogP contribution in [0.3, 0.4) is 0 Å². The first-order valence-electron chi connectivity index (χ1n) is 8.05. The fourth-order valence-electron chi connectivity index (χ4n) is 3.63. The molecule has 1 aromatic rings. The summed E-state index contributed by atoms with van der Waals surface area (Å²) >= 11 is 0. The summed E-state index contributed by atoms with van der Waals surface area (Å²) in [5, 5.41) is 9.06. The summed E-state index contributed by atoms with van der Waals surface area (Å²) in [5.74, 6) is -1.23. The standard InChI is InChI=1S/C18H14F4O4/c19-12-5-9(18(20,21)22)2-1-8(12)7-25-10-3-4-11-13(6-10)26-16-14(11)15(16)17(23)24/h1-3,5-6,11,14-16H,4,7H2,(H,23,24)/t11?,14-,15-,16-/m1/s1. The molecule has 3 aliphatic rings. The molecule has 4 rings (SSSR count). The Bertz CT molecular complexity index is 827. The number of hydrogen-bond donors (Lipinski definition) is 1. The SMILES string of the molecule is O=C(O)[C@H]1[C@@H]2OC3=CC(OCc4ccc(C(F)(F)F)cc4F)=CCC3[C@@H]21. The molecule has 0 bridgehead atoms. The molecule has 0 spiro atoms. The average Bonchev–Trinajstić information content (AvgIpc) is 3.16. The summed E-state index contributed by atoms with van der Waals surface area (Å²) in [6.45, 7) is -0.213. The highest BCUT2D eigenvalue weighted by molar-refractivity contribution is 5.76. The van der Waals surface area contributed by atoms with Gasteiger partial charge in [0.15, 0.2) is 0 Å². The van der Waals surface area contributed by atoms with Crippen LogP contribution in [0, 0.1) is 23.6 Å². The van der Waals surface area contributed by atoms with Gasteiger partial charge in [0, 0.05) is 23.5 Å². The zero-order valence-electron chi connectivity index (χ0n) is 13.3. The van der Waals surface area contributed by atoms with Crippen molar-refractivity contribution < 1.29 is 36.9 Å². The second-order valence-corrected chi connectivity index (χ2v) is 6.61. The molecular weight excluding hydrogens is 356 g/mol. The molecule has 1 heterocycles. The summed E-state index contributed by atoms with van der Waals surface area (Å²) in [6.07, 6.45) is -0.939. The van der Waals surface area contributed by atoms with E-state index in [-0.39, 0.29) is 30.1 Å². The smallest absolute Gasteiger partial charge is 0.416 e. The Balaban J connectivity index is 1.39. The van der Waals surface area contributed by atoms with Crippen LogP contribution in [0.25, 0.3) is 0 Å². The molecule has 2 aliphatic carbocycles. The molecule has 0 radical (unpaired) electrons. The zero-order chi connectivity index (χ0) is 18.6. The first-order chi connectivity index (χ1) is 12.3. The number of carboxylic acids is 1. The quantitative estimate of drug-likeness (QED) is 0.818. The monoisotopic (exact) mass is 370 g/mol. The maximum Gasteiger partial charge on any atom is 0.416 e. The van der Waals surface area contributed by atoms with Gasteiger partial charge in [-0.05, 0) is 24.6 Å². The Morgan fingerprint density at radius 3 is 2.77 bits per heavy atom. The van der Waals surface area contributed by atoms with Crippen LogP contribution in [0.1, 0.15) is 17.5 Å². The van der Waals surface area contributed by atoms with E-state index < -0.39 is 29.4 Å². The van der Waals surface area contributed by atoms with Gasteiger partial charge in [-0.1, -0.05) is 6.07 Å². The van der Waals surface area contributed by atoms with Crippen molar-refractivity contribution in [3.05, 3.63) is 58.8 Å². The van der Waals surface area contributed by atoms with E-state index >= 15 is 0 Å². The van der Waals surface area contributed by atoms with Crippen molar-refractivity contribution in [1.29, 1.82) is 0 Å². The summed E-state index contributed by atoms with van der Waals surface area (Å²) < 4.78 is 62.6. The number of benzene rings is 1. The van der Waals surface area contributed by atoms with E-state index in [0.717, 1.165) is 12.1 Å². The van der Waals surface area contributed by atoms with E-state index in [1.165, 1.54) is 0 Å². The maximum atomic E-state index is 13.8. The van der Waals surface area contributed by atoms with Crippen LogP contribution in [0.5, 0.6) is 0 Å². The molecule has 1 saturated heterocycles. The first kappa shape index (κ1) is 16.9. The molecule has 1 N–H and O–H groups in total. The second kappa shape index (κ2) is 5.75. The van der Waals surface area contributed by atoms with E-state index in [1.807, 2.05) is 0 Å². The molecule has 4 atom stereocenters. The predicted octanol–water partition coefficient (Wildman–Crippen LogP) is 3.88. The number of halogens is 4. The van der Waals surface area contributed by atoms with Crippen LogP contribution in [-0.4, -0.2) is 17.2 Å². The number of fused-ring (bicyclic) bond motifs is 3. The van der Waals surface area contributed by atoms with Gasteiger partial charge in [0.2, 0.25) is 0 Å². The lowest BCUT2D eigenvalue weighted by atomic mass is 9.92. The van der Waals surface area contributed by atoms with Gasteiger partial charge in [0.1, 0.15) is 36.0 Å². The second-order valence-electron chi connectivity index (χ2n) is 6.61. The van der Waals surface area contributed by atoms with Gasteiger partial charge in [-0.15, -0.1) is 0 Å². The van der Waals surface area contributed by atoms with E-state index in [0.29, 0.717) is 24.0 Å². The average molecular weight is 370 g/mol. The molecule has 0 aromatic heterocycles. The summed E-state index contributed by atoms with van der Waals surface area (Å²) in [5.41, 5.74) is -1.03. The van der Waals surface area contributed by atoms with E-state index in [4.69, 9.17) is 14.6 Å². The third-order valence-corrected chi connectivity index (χ3v) is 5.03. The molecule has 1 aromatic carbocycles. The van der Waals surface area contributed by atoms with Crippen molar-refractivity contribution in [2.75, 3.05) is 0 Å². The van der Waals surface area contributed by atoms with Crippen LogP contribution in [-0.2, 0) is 27.1 Å². The minimum absolute atomic E-state index is 0.0104. The Hall–Kier alpha value is -2.51. The molecule has 0 amide bonds. The summed E-state index contributed by atoms with van der Waals surface area (Å²) in [6, 6.07) is 2.31. The maximum absolute atomic E-state index is 13.8. The number of ether oxygens (including phenoxy) is 2.